The Hall–Kier alpha value is -1.71. The maximum absolute atomic E-state index is 10.7. The van der Waals surface area contributed by atoms with E-state index in [1.165, 1.54) is 0 Å². The molecule has 0 unspecified atom stereocenters. The largest absolute Gasteiger partial charge is 0.491 e. The second-order valence-electron chi connectivity index (χ2n) is 4.54. The molecule has 4 heteroatoms. The summed E-state index contributed by atoms with van der Waals surface area (Å²) in [6, 6.07) is 5.58. The van der Waals surface area contributed by atoms with Crippen LogP contribution in [0.1, 0.15) is 25.8 Å². The second-order valence-corrected chi connectivity index (χ2v) is 4.54. The average Bonchev–Trinajstić information content (AvgIpc) is 2.24. The number of carbonyl (C=O) groups excluding carboxylic acids is 1. The van der Waals surface area contributed by atoms with Crippen LogP contribution in [0.15, 0.2) is 18.2 Å². The number of hydrogen-bond donors (Lipinski definition) is 2. The van der Waals surface area contributed by atoms with Gasteiger partial charge >= 0.3 is 0 Å². The van der Waals surface area contributed by atoms with Crippen LogP contribution in [0.4, 0.5) is 5.69 Å². The third kappa shape index (κ3) is 4.76. The maximum Gasteiger partial charge on any atom is 0.217 e. The molecule has 0 saturated heterocycles. The fourth-order valence-electron chi connectivity index (χ4n) is 1.41. The minimum absolute atomic E-state index is 0.302. The molecule has 0 aliphatic carbocycles. The number of nitrogens with two attached hydrogens (primary N) is 2. The SMILES string of the molecule is CC(C)COc1ccc(CCC(N)=O)cc1N. The van der Waals surface area contributed by atoms with Gasteiger partial charge in [-0.2, -0.15) is 0 Å². The lowest BCUT2D eigenvalue weighted by Gasteiger charge is -2.11. The molecule has 0 saturated carbocycles. The number of aryl methyl sites for hydroxylation is 1. The van der Waals surface area contributed by atoms with E-state index in [1.807, 2.05) is 18.2 Å². The summed E-state index contributed by atoms with van der Waals surface area (Å²) in [6.45, 7) is 4.81. The number of benzene rings is 1. The van der Waals surface area contributed by atoms with Gasteiger partial charge in [-0.3, -0.25) is 4.79 Å². The van der Waals surface area contributed by atoms with Crippen molar-refractivity contribution >= 4 is 11.6 Å². The van der Waals surface area contributed by atoms with Gasteiger partial charge in [0.05, 0.1) is 12.3 Å². The predicted octanol–water partition coefficient (Wildman–Crippen LogP) is 1.72. The van der Waals surface area contributed by atoms with Gasteiger partial charge in [-0.1, -0.05) is 19.9 Å². The van der Waals surface area contributed by atoms with Gasteiger partial charge in [-0.05, 0) is 30.0 Å². The Morgan fingerprint density at radius 1 is 1.41 bits per heavy atom. The minimum Gasteiger partial charge on any atom is -0.491 e. The van der Waals surface area contributed by atoms with Crippen LogP contribution >= 0.6 is 0 Å². The number of nitrogen functional groups attached to an aromatic ring is 1. The van der Waals surface area contributed by atoms with E-state index in [9.17, 15) is 4.79 Å². The van der Waals surface area contributed by atoms with E-state index in [-0.39, 0.29) is 5.91 Å². The number of anilines is 1. The summed E-state index contributed by atoms with van der Waals surface area (Å²) in [7, 11) is 0. The Morgan fingerprint density at radius 3 is 2.65 bits per heavy atom. The molecule has 0 aromatic heterocycles. The number of rotatable bonds is 6. The van der Waals surface area contributed by atoms with Crippen LogP contribution in [0.3, 0.4) is 0 Å². The summed E-state index contributed by atoms with van der Waals surface area (Å²) >= 11 is 0. The molecule has 17 heavy (non-hydrogen) atoms. The van der Waals surface area contributed by atoms with Crippen LogP contribution in [0, 0.1) is 5.92 Å². The molecule has 1 aromatic carbocycles. The highest BCUT2D eigenvalue weighted by atomic mass is 16.5. The van der Waals surface area contributed by atoms with Crippen LogP contribution in [-0.2, 0) is 11.2 Å². The van der Waals surface area contributed by atoms with Gasteiger partial charge in [0.25, 0.3) is 0 Å². The monoisotopic (exact) mass is 236 g/mol. The molecule has 0 aliphatic heterocycles. The molecule has 1 amide bonds. The van der Waals surface area contributed by atoms with Crippen molar-refractivity contribution in [1.29, 1.82) is 0 Å². The number of amides is 1. The van der Waals surface area contributed by atoms with Crippen LogP contribution in [0.25, 0.3) is 0 Å². The van der Waals surface area contributed by atoms with Crippen molar-refractivity contribution in [3.8, 4) is 5.75 Å². The van der Waals surface area contributed by atoms with Gasteiger partial charge in [0, 0.05) is 6.42 Å². The topological polar surface area (TPSA) is 78.3 Å². The van der Waals surface area contributed by atoms with E-state index >= 15 is 0 Å². The van der Waals surface area contributed by atoms with Crippen molar-refractivity contribution in [2.24, 2.45) is 11.7 Å². The lowest BCUT2D eigenvalue weighted by Crippen LogP contribution is -2.11. The minimum atomic E-state index is -0.302. The second kappa shape index (κ2) is 6.13. The third-order valence-electron chi connectivity index (χ3n) is 2.31. The first kappa shape index (κ1) is 13.4. The summed E-state index contributed by atoms with van der Waals surface area (Å²) in [5.41, 5.74) is 12.6. The first-order chi connectivity index (χ1) is 7.99. The van der Waals surface area contributed by atoms with Crippen molar-refractivity contribution in [2.75, 3.05) is 12.3 Å². The number of hydrogen-bond acceptors (Lipinski definition) is 3. The third-order valence-corrected chi connectivity index (χ3v) is 2.31. The number of primary amides is 1. The lowest BCUT2D eigenvalue weighted by molar-refractivity contribution is -0.117. The quantitative estimate of drug-likeness (QED) is 0.738. The molecule has 0 spiro atoms. The van der Waals surface area contributed by atoms with E-state index in [1.54, 1.807) is 0 Å². The fourth-order valence-corrected chi connectivity index (χ4v) is 1.41. The fraction of sp³-hybridized carbons (Fsp3) is 0.462. The van der Waals surface area contributed by atoms with E-state index in [0.29, 0.717) is 36.8 Å². The Bertz CT molecular complexity index is 389. The van der Waals surface area contributed by atoms with Crippen molar-refractivity contribution in [2.45, 2.75) is 26.7 Å². The number of carbonyl (C=O) groups is 1. The highest BCUT2D eigenvalue weighted by Crippen LogP contribution is 2.23. The average molecular weight is 236 g/mol. The molecular formula is C13H20N2O2. The van der Waals surface area contributed by atoms with E-state index in [2.05, 4.69) is 13.8 Å². The van der Waals surface area contributed by atoms with E-state index < -0.39 is 0 Å². The lowest BCUT2D eigenvalue weighted by atomic mass is 10.1. The van der Waals surface area contributed by atoms with Crippen molar-refractivity contribution in [3.63, 3.8) is 0 Å². The Kier molecular flexibility index (Phi) is 4.82. The first-order valence-electron chi connectivity index (χ1n) is 5.78. The molecule has 1 rings (SSSR count). The standard InChI is InChI=1S/C13H20N2O2/c1-9(2)8-17-12-5-3-10(7-11(12)14)4-6-13(15)16/h3,5,7,9H,4,6,8,14H2,1-2H3,(H2,15,16). The molecule has 94 valence electrons. The summed E-state index contributed by atoms with van der Waals surface area (Å²) in [5.74, 6) is 0.856. The molecule has 0 bridgehead atoms. The molecule has 0 heterocycles. The Balaban J connectivity index is 2.62. The van der Waals surface area contributed by atoms with Gasteiger partial charge in [-0.25, -0.2) is 0 Å². The van der Waals surface area contributed by atoms with Gasteiger partial charge in [-0.15, -0.1) is 0 Å². The molecular weight excluding hydrogens is 216 g/mol. The Labute approximate surface area is 102 Å². The van der Waals surface area contributed by atoms with Crippen LogP contribution < -0.4 is 16.2 Å². The summed E-state index contributed by atoms with van der Waals surface area (Å²) < 4.78 is 5.56. The molecule has 0 radical (unpaired) electrons. The summed E-state index contributed by atoms with van der Waals surface area (Å²) in [6.07, 6.45) is 0.954. The highest BCUT2D eigenvalue weighted by Gasteiger charge is 2.04. The smallest absolute Gasteiger partial charge is 0.217 e. The summed E-state index contributed by atoms with van der Waals surface area (Å²) in [4.78, 5) is 10.7. The van der Waals surface area contributed by atoms with E-state index in [4.69, 9.17) is 16.2 Å². The Morgan fingerprint density at radius 2 is 2.12 bits per heavy atom. The molecule has 4 nitrogen and oxygen atoms in total. The first-order valence-corrected chi connectivity index (χ1v) is 5.78. The van der Waals surface area contributed by atoms with Crippen LogP contribution in [0.5, 0.6) is 5.75 Å². The van der Waals surface area contributed by atoms with Crippen LogP contribution in [0.2, 0.25) is 0 Å². The van der Waals surface area contributed by atoms with Crippen LogP contribution in [-0.4, -0.2) is 12.5 Å². The molecule has 1 aromatic rings. The zero-order valence-electron chi connectivity index (χ0n) is 10.4. The summed E-state index contributed by atoms with van der Waals surface area (Å²) in [5, 5.41) is 0. The molecule has 0 fully saturated rings. The van der Waals surface area contributed by atoms with Crippen molar-refractivity contribution in [3.05, 3.63) is 23.8 Å². The van der Waals surface area contributed by atoms with Gasteiger partial charge in [0.15, 0.2) is 0 Å². The molecule has 4 N–H and O–H groups in total. The zero-order valence-corrected chi connectivity index (χ0v) is 10.4. The zero-order chi connectivity index (χ0) is 12.8. The van der Waals surface area contributed by atoms with Gasteiger partial charge in [0.2, 0.25) is 5.91 Å². The molecule has 0 atom stereocenters. The van der Waals surface area contributed by atoms with Gasteiger partial charge in [0.1, 0.15) is 5.75 Å². The molecule has 0 aliphatic rings. The van der Waals surface area contributed by atoms with Crippen molar-refractivity contribution < 1.29 is 9.53 Å². The number of ether oxygens (including phenoxy) is 1. The predicted molar refractivity (Wildman–Crippen MR) is 68.7 cm³/mol. The van der Waals surface area contributed by atoms with Gasteiger partial charge < -0.3 is 16.2 Å². The van der Waals surface area contributed by atoms with E-state index in [0.717, 1.165) is 5.56 Å². The normalized spacial score (nSPS) is 10.5. The van der Waals surface area contributed by atoms with Crippen molar-refractivity contribution in [1.82, 2.24) is 0 Å². The highest BCUT2D eigenvalue weighted by molar-refractivity contribution is 5.74. The maximum atomic E-state index is 10.7.